The Hall–Kier alpha value is -1.88. The van der Waals surface area contributed by atoms with Gasteiger partial charge in [-0.3, -0.25) is 0 Å². The quantitative estimate of drug-likeness (QED) is 0.916. The van der Waals surface area contributed by atoms with Gasteiger partial charge in [-0.25, -0.2) is 9.38 Å². The van der Waals surface area contributed by atoms with Crippen LogP contribution in [0.25, 0.3) is 0 Å². The van der Waals surface area contributed by atoms with E-state index in [9.17, 15) is 4.39 Å². The van der Waals surface area contributed by atoms with E-state index in [0.717, 1.165) is 15.6 Å². The zero-order chi connectivity index (χ0) is 14.2. The molecule has 2 N–H and O–H groups in total. The summed E-state index contributed by atoms with van der Waals surface area (Å²) < 4.78 is 19.5. The Balaban J connectivity index is 2.18. The molecule has 1 atom stereocenters. The Morgan fingerprint density at radius 2 is 1.90 bits per heavy atom. The maximum Gasteiger partial charge on any atom is 0.283 e. The molecule has 0 aromatic heterocycles. The van der Waals surface area contributed by atoms with E-state index in [4.69, 9.17) is 10.5 Å². The molecule has 0 saturated carbocycles. The minimum atomic E-state index is -0.721. The number of nitrogens with zero attached hydrogens (tertiary/aromatic N) is 1. The summed E-state index contributed by atoms with van der Waals surface area (Å²) in [5.74, 6) is -0.283. The third kappa shape index (κ3) is 2.18. The summed E-state index contributed by atoms with van der Waals surface area (Å²) in [6.07, 6.45) is 0. The first-order valence-corrected chi connectivity index (χ1v) is 6.90. The molecule has 102 valence electrons. The van der Waals surface area contributed by atoms with E-state index >= 15 is 0 Å². The number of hydrogen-bond acceptors (Lipinski definition) is 3. The van der Waals surface area contributed by atoms with Crippen molar-refractivity contribution in [2.45, 2.75) is 5.54 Å². The lowest BCUT2D eigenvalue weighted by Crippen LogP contribution is -2.27. The molecular formula is C15H12BrFN2O. The Bertz CT molecular complexity index is 672. The van der Waals surface area contributed by atoms with E-state index in [2.05, 4.69) is 20.9 Å². The fourth-order valence-electron chi connectivity index (χ4n) is 2.36. The van der Waals surface area contributed by atoms with Crippen LogP contribution in [0.2, 0.25) is 0 Å². The molecular weight excluding hydrogens is 323 g/mol. The van der Waals surface area contributed by atoms with Crippen molar-refractivity contribution in [2.24, 2.45) is 10.7 Å². The molecule has 3 rings (SSSR count). The number of amidine groups is 1. The predicted octanol–water partition coefficient (Wildman–Crippen LogP) is 3.18. The van der Waals surface area contributed by atoms with Crippen molar-refractivity contribution in [3.8, 4) is 0 Å². The van der Waals surface area contributed by atoms with E-state index in [0.29, 0.717) is 6.61 Å². The molecule has 0 unspecified atom stereocenters. The summed E-state index contributed by atoms with van der Waals surface area (Å²) in [6, 6.07) is 14.2. The highest BCUT2D eigenvalue weighted by Gasteiger charge is 2.40. The van der Waals surface area contributed by atoms with Gasteiger partial charge in [0.15, 0.2) is 5.54 Å². The van der Waals surface area contributed by atoms with E-state index in [-0.39, 0.29) is 11.8 Å². The van der Waals surface area contributed by atoms with Gasteiger partial charge in [0.05, 0.1) is 0 Å². The first-order chi connectivity index (χ1) is 9.60. The van der Waals surface area contributed by atoms with E-state index in [1.807, 2.05) is 24.3 Å². The number of rotatable bonds is 2. The molecule has 2 aromatic rings. The van der Waals surface area contributed by atoms with Gasteiger partial charge in [-0.1, -0.05) is 40.2 Å². The van der Waals surface area contributed by atoms with Crippen LogP contribution in [-0.2, 0) is 10.3 Å². The van der Waals surface area contributed by atoms with Crippen molar-refractivity contribution in [3.63, 3.8) is 0 Å². The summed E-state index contributed by atoms with van der Waals surface area (Å²) >= 11 is 3.45. The number of halogens is 2. The molecule has 0 spiro atoms. The highest BCUT2D eigenvalue weighted by molar-refractivity contribution is 9.10. The largest absolute Gasteiger partial charge is 0.462 e. The van der Waals surface area contributed by atoms with Gasteiger partial charge < -0.3 is 10.5 Å². The van der Waals surface area contributed by atoms with Crippen molar-refractivity contribution in [2.75, 3.05) is 6.61 Å². The van der Waals surface area contributed by atoms with Crippen LogP contribution in [0.5, 0.6) is 0 Å². The number of benzene rings is 2. The topological polar surface area (TPSA) is 47.6 Å². The molecule has 0 fully saturated rings. The van der Waals surface area contributed by atoms with Crippen LogP contribution in [0.1, 0.15) is 11.1 Å². The SMILES string of the molecule is NC1=N[C@@](c2ccc(F)cc2)(c2cccc(Br)c2)CO1. The van der Waals surface area contributed by atoms with Gasteiger partial charge in [0.25, 0.3) is 6.02 Å². The van der Waals surface area contributed by atoms with Crippen LogP contribution in [0.4, 0.5) is 4.39 Å². The van der Waals surface area contributed by atoms with Gasteiger partial charge in [-0.05, 0) is 35.4 Å². The predicted molar refractivity (Wildman–Crippen MR) is 78.9 cm³/mol. The Morgan fingerprint density at radius 1 is 1.15 bits per heavy atom. The molecule has 0 saturated heterocycles. The normalized spacial score (nSPS) is 21.4. The van der Waals surface area contributed by atoms with Gasteiger partial charge in [0, 0.05) is 4.47 Å². The monoisotopic (exact) mass is 334 g/mol. The van der Waals surface area contributed by atoms with E-state index < -0.39 is 5.54 Å². The maximum absolute atomic E-state index is 13.1. The molecule has 2 aromatic carbocycles. The third-order valence-electron chi connectivity index (χ3n) is 3.35. The van der Waals surface area contributed by atoms with Gasteiger partial charge in [-0.15, -0.1) is 0 Å². The number of aliphatic imine (C=N–C) groups is 1. The fraction of sp³-hybridized carbons (Fsp3) is 0.133. The molecule has 0 bridgehead atoms. The van der Waals surface area contributed by atoms with E-state index in [1.54, 1.807) is 12.1 Å². The molecule has 3 nitrogen and oxygen atoms in total. The molecule has 0 aliphatic carbocycles. The van der Waals surface area contributed by atoms with Crippen LogP contribution < -0.4 is 5.73 Å². The highest BCUT2D eigenvalue weighted by atomic mass is 79.9. The summed E-state index contributed by atoms with van der Waals surface area (Å²) in [5, 5.41) is 0. The summed E-state index contributed by atoms with van der Waals surface area (Å²) in [5.41, 5.74) is 6.76. The van der Waals surface area contributed by atoms with Crippen LogP contribution in [0.3, 0.4) is 0 Å². The molecule has 0 amide bonds. The Labute approximate surface area is 124 Å². The minimum absolute atomic E-state index is 0.148. The van der Waals surface area contributed by atoms with Crippen molar-refractivity contribution in [1.82, 2.24) is 0 Å². The van der Waals surface area contributed by atoms with Gasteiger partial charge in [-0.2, -0.15) is 0 Å². The molecule has 0 radical (unpaired) electrons. The second-order valence-corrected chi connectivity index (χ2v) is 5.53. The summed E-state index contributed by atoms with van der Waals surface area (Å²) in [7, 11) is 0. The summed E-state index contributed by atoms with van der Waals surface area (Å²) in [6.45, 7) is 0.306. The second kappa shape index (κ2) is 4.90. The second-order valence-electron chi connectivity index (χ2n) is 4.62. The van der Waals surface area contributed by atoms with Crippen LogP contribution in [-0.4, -0.2) is 12.6 Å². The number of ether oxygens (including phenoxy) is 1. The Kier molecular flexibility index (Phi) is 3.22. The molecule has 20 heavy (non-hydrogen) atoms. The van der Waals surface area contributed by atoms with Gasteiger partial charge in [0.1, 0.15) is 12.4 Å². The zero-order valence-electron chi connectivity index (χ0n) is 10.5. The van der Waals surface area contributed by atoms with Crippen LogP contribution in [0, 0.1) is 5.82 Å². The highest BCUT2D eigenvalue weighted by Crippen LogP contribution is 2.38. The molecule has 1 aliphatic heterocycles. The Morgan fingerprint density at radius 3 is 2.50 bits per heavy atom. The van der Waals surface area contributed by atoms with E-state index in [1.165, 1.54) is 12.1 Å². The smallest absolute Gasteiger partial charge is 0.283 e. The van der Waals surface area contributed by atoms with Gasteiger partial charge >= 0.3 is 0 Å². The molecule has 1 heterocycles. The fourth-order valence-corrected chi connectivity index (χ4v) is 2.76. The third-order valence-corrected chi connectivity index (χ3v) is 3.85. The first-order valence-electron chi connectivity index (χ1n) is 6.10. The first kappa shape index (κ1) is 13.1. The van der Waals surface area contributed by atoms with Crippen molar-refractivity contribution in [3.05, 3.63) is 69.9 Å². The average Bonchev–Trinajstić information content (AvgIpc) is 2.83. The number of hydrogen-bond donors (Lipinski definition) is 1. The molecule has 1 aliphatic rings. The van der Waals surface area contributed by atoms with Gasteiger partial charge in [0.2, 0.25) is 0 Å². The lowest BCUT2D eigenvalue weighted by Gasteiger charge is -2.25. The van der Waals surface area contributed by atoms with Crippen LogP contribution in [0.15, 0.2) is 58.0 Å². The van der Waals surface area contributed by atoms with Crippen LogP contribution >= 0.6 is 15.9 Å². The zero-order valence-corrected chi connectivity index (χ0v) is 12.1. The average molecular weight is 335 g/mol. The minimum Gasteiger partial charge on any atom is -0.462 e. The maximum atomic E-state index is 13.1. The lowest BCUT2D eigenvalue weighted by atomic mass is 9.84. The van der Waals surface area contributed by atoms with Crippen molar-refractivity contribution < 1.29 is 9.13 Å². The standard InChI is InChI=1S/C15H12BrFN2O/c16-12-3-1-2-11(8-12)15(9-20-14(18)19-15)10-4-6-13(17)7-5-10/h1-8H,9H2,(H2,18,19)/t15-/m0/s1. The van der Waals surface area contributed by atoms with Crippen molar-refractivity contribution in [1.29, 1.82) is 0 Å². The van der Waals surface area contributed by atoms with Crippen molar-refractivity contribution >= 4 is 22.0 Å². The molecule has 5 heteroatoms. The number of nitrogens with two attached hydrogens (primary N) is 1. The lowest BCUT2D eigenvalue weighted by molar-refractivity contribution is 0.278. The summed E-state index contributed by atoms with van der Waals surface area (Å²) in [4.78, 5) is 4.46.